The molecule has 2 aliphatic heterocycles. The molecule has 8 nitrogen and oxygen atoms in total. The minimum absolute atomic E-state index is 0.0187. The molecule has 1 aromatic heterocycles. The van der Waals surface area contributed by atoms with Gasteiger partial charge in [0.2, 0.25) is 11.0 Å². The Balaban J connectivity index is 1.79. The van der Waals surface area contributed by atoms with Gasteiger partial charge in [-0.25, -0.2) is 4.79 Å². The van der Waals surface area contributed by atoms with Crippen molar-refractivity contribution in [3.63, 3.8) is 0 Å². The van der Waals surface area contributed by atoms with Crippen LogP contribution in [-0.2, 0) is 19.9 Å². The molecular formula is C20H19BrN4O4S. The fourth-order valence-corrected chi connectivity index (χ4v) is 5.27. The first-order chi connectivity index (χ1) is 14.1. The topological polar surface area (TPSA) is 106 Å². The lowest BCUT2D eigenvalue weighted by molar-refractivity contribution is -0.135. The van der Waals surface area contributed by atoms with Crippen LogP contribution in [-0.4, -0.2) is 33.8 Å². The molecule has 2 aromatic rings. The number of nitrogens with zero attached hydrogens (tertiary/aromatic N) is 4. The monoisotopic (exact) mass is 490 g/mol. The maximum absolute atomic E-state index is 12.0. The van der Waals surface area contributed by atoms with Crippen LogP contribution in [0.2, 0.25) is 0 Å². The first kappa shape index (κ1) is 20.8. The Bertz CT molecular complexity index is 1200. The molecule has 0 bridgehead atoms. The van der Waals surface area contributed by atoms with E-state index in [-0.39, 0.29) is 21.5 Å². The summed E-state index contributed by atoms with van der Waals surface area (Å²) >= 11 is 4.48. The lowest BCUT2D eigenvalue weighted by Gasteiger charge is -2.36. The Kier molecular flexibility index (Phi) is 5.09. The number of aliphatic imine (C=N–C) groups is 1. The second kappa shape index (κ2) is 7.35. The van der Waals surface area contributed by atoms with E-state index in [4.69, 9.17) is 0 Å². The van der Waals surface area contributed by atoms with Gasteiger partial charge in [0.1, 0.15) is 0 Å². The number of rotatable bonds is 2. The highest BCUT2D eigenvalue weighted by Gasteiger charge is 2.36. The second-order valence-corrected chi connectivity index (χ2v) is 9.77. The smallest absolute Gasteiger partial charge is 0.331 e. The summed E-state index contributed by atoms with van der Waals surface area (Å²) in [7, 11) is 1.23. The largest absolute Gasteiger partial charge is 0.493 e. The molecule has 0 radical (unpaired) electrons. The van der Waals surface area contributed by atoms with E-state index in [1.165, 1.54) is 7.11 Å². The van der Waals surface area contributed by atoms with E-state index in [0.29, 0.717) is 11.6 Å². The van der Waals surface area contributed by atoms with Gasteiger partial charge in [-0.15, -0.1) is 10.2 Å². The van der Waals surface area contributed by atoms with Gasteiger partial charge in [-0.05, 0) is 55.6 Å². The van der Waals surface area contributed by atoms with Crippen molar-refractivity contribution in [3.05, 3.63) is 33.2 Å². The number of carbonyl (C=O) groups is 2. The molecule has 1 unspecified atom stereocenters. The average Bonchev–Trinajstić information content (AvgIpc) is 3.15. The number of hydrogen-bond donors (Lipinski definition) is 1. The van der Waals surface area contributed by atoms with Crippen molar-refractivity contribution in [2.75, 3.05) is 7.11 Å². The lowest BCUT2D eigenvalue weighted by atomic mass is 9.82. The first-order valence-electron chi connectivity index (χ1n) is 9.22. The van der Waals surface area contributed by atoms with Crippen LogP contribution in [0.5, 0.6) is 5.88 Å². The van der Waals surface area contributed by atoms with E-state index in [1.807, 2.05) is 10.6 Å². The van der Waals surface area contributed by atoms with E-state index in [0.717, 1.165) is 45.2 Å². The quantitative estimate of drug-likeness (QED) is 0.357. The van der Waals surface area contributed by atoms with Gasteiger partial charge in [-0.3, -0.25) is 4.79 Å². The predicted octanol–water partition coefficient (Wildman–Crippen LogP) is 5.12. The summed E-state index contributed by atoms with van der Waals surface area (Å²) in [5.41, 5.74) is 2.07. The molecule has 1 amide bonds. The lowest BCUT2D eigenvalue weighted by Crippen LogP contribution is -2.31. The van der Waals surface area contributed by atoms with Crippen molar-refractivity contribution in [1.29, 1.82) is 0 Å². The Morgan fingerprint density at radius 3 is 2.87 bits per heavy atom. The fourth-order valence-electron chi connectivity index (χ4n) is 4.10. The number of thioether (sulfide) groups is 1. The van der Waals surface area contributed by atoms with Crippen molar-refractivity contribution in [1.82, 2.24) is 4.57 Å². The number of ether oxygens (including phenoxy) is 1. The van der Waals surface area contributed by atoms with Gasteiger partial charge < -0.3 is 14.4 Å². The van der Waals surface area contributed by atoms with Crippen molar-refractivity contribution < 1.29 is 19.4 Å². The van der Waals surface area contributed by atoms with Crippen LogP contribution in [0.4, 0.5) is 5.69 Å². The van der Waals surface area contributed by atoms with Gasteiger partial charge in [0, 0.05) is 21.5 Å². The summed E-state index contributed by atoms with van der Waals surface area (Å²) in [4.78, 5) is 27.2. The van der Waals surface area contributed by atoms with Crippen LogP contribution in [0, 0.1) is 0 Å². The number of aromatic nitrogens is 1. The number of benzene rings is 1. The standard InChI is InChI=1S/C20H19BrN4O4S/c1-9-8-20(2,3)25-16-11(9)5-10(21)6-12(16)15(18(25)28)23-24-19-22-17(27)13(30-19)7-14(26)29-4/h5-7,9,28H,8H2,1-4H3/b13-7-,24-23?. The number of amides is 1. The molecule has 1 atom stereocenters. The minimum atomic E-state index is -0.646. The fraction of sp³-hybridized carbons (Fsp3) is 0.350. The molecular weight excluding hydrogens is 472 g/mol. The van der Waals surface area contributed by atoms with Crippen LogP contribution in [0.15, 0.2) is 42.8 Å². The Morgan fingerprint density at radius 2 is 2.17 bits per heavy atom. The van der Waals surface area contributed by atoms with Gasteiger partial charge in [0.05, 0.1) is 17.5 Å². The van der Waals surface area contributed by atoms with Crippen LogP contribution in [0.3, 0.4) is 0 Å². The summed E-state index contributed by atoms with van der Waals surface area (Å²) < 4.78 is 7.32. The third-order valence-electron chi connectivity index (χ3n) is 5.24. The number of aromatic hydroxyl groups is 1. The SMILES string of the molecule is COC(=O)/C=C1\SC(N=Nc2c(O)n3c4c(cc(Br)cc24)C(C)CC3(C)C)=NC1=O. The van der Waals surface area contributed by atoms with Gasteiger partial charge in [0.25, 0.3) is 5.91 Å². The number of hydrogen-bond acceptors (Lipinski definition) is 7. The molecule has 0 aliphatic carbocycles. The maximum atomic E-state index is 12.0. The Hall–Kier alpha value is -2.46. The van der Waals surface area contributed by atoms with E-state index >= 15 is 0 Å². The number of esters is 1. The summed E-state index contributed by atoms with van der Waals surface area (Å²) in [6.45, 7) is 6.32. The third-order valence-corrected chi connectivity index (χ3v) is 6.57. The van der Waals surface area contributed by atoms with Crippen molar-refractivity contribution >= 4 is 61.3 Å². The summed E-state index contributed by atoms with van der Waals surface area (Å²) in [6.07, 6.45) is 1.93. The zero-order valence-electron chi connectivity index (χ0n) is 16.8. The van der Waals surface area contributed by atoms with Gasteiger partial charge in [0.15, 0.2) is 5.69 Å². The van der Waals surface area contributed by atoms with Crippen LogP contribution in [0.25, 0.3) is 10.9 Å². The van der Waals surface area contributed by atoms with E-state index in [1.54, 1.807) is 0 Å². The molecule has 0 saturated heterocycles. The number of azo groups is 1. The number of halogens is 1. The molecule has 1 N–H and O–H groups in total. The highest BCUT2D eigenvalue weighted by molar-refractivity contribution is 9.10. The predicted molar refractivity (Wildman–Crippen MR) is 118 cm³/mol. The second-order valence-electron chi connectivity index (χ2n) is 7.85. The zero-order valence-corrected chi connectivity index (χ0v) is 19.2. The van der Waals surface area contributed by atoms with E-state index in [9.17, 15) is 14.7 Å². The van der Waals surface area contributed by atoms with Crippen molar-refractivity contribution in [2.45, 2.75) is 38.6 Å². The molecule has 0 spiro atoms. The van der Waals surface area contributed by atoms with E-state index < -0.39 is 11.9 Å². The number of carbonyl (C=O) groups excluding carboxylic acids is 2. The molecule has 0 fully saturated rings. The Morgan fingerprint density at radius 1 is 1.43 bits per heavy atom. The van der Waals surface area contributed by atoms with Gasteiger partial charge in [-0.1, -0.05) is 22.9 Å². The molecule has 10 heteroatoms. The molecule has 2 aliphatic rings. The van der Waals surface area contributed by atoms with Crippen LogP contribution < -0.4 is 0 Å². The van der Waals surface area contributed by atoms with Crippen molar-refractivity contribution in [2.24, 2.45) is 15.2 Å². The molecule has 3 heterocycles. The summed E-state index contributed by atoms with van der Waals surface area (Å²) in [6, 6.07) is 3.97. The van der Waals surface area contributed by atoms with Gasteiger partial charge in [-0.2, -0.15) is 4.99 Å². The molecule has 30 heavy (non-hydrogen) atoms. The average molecular weight is 491 g/mol. The van der Waals surface area contributed by atoms with Crippen molar-refractivity contribution in [3.8, 4) is 5.88 Å². The summed E-state index contributed by atoms with van der Waals surface area (Å²) in [5.74, 6) is -0.897. The van der Waals surface area contributed by atoms with Crippen LogP contribution in [0.1, 0.15) is 38.7 Å². The maximum Gasteiger partial charge on any atom is 0.331 e. The number of methoxy groups -OCH3 is 1. The zero-order chi connectivity index (χ0) is 21.8. The minimum Gasteiger partial charge on any atom is -0.493 e. The Labute approximate surface area is 185 Å². The molecule has 156 valence electrons. The van der Waals surface area contributed by atoms with E-state index in [2.05, 4.69) is 62.7 Å². The van der Waals surface area contributed by atoms with Gasteiger partial charge >= 0.3 is 5.97 Å². The third kappa shape index (κ3) is 3.37. The first-order valence-corrected chi connectivity index (χ1v) is 10.8. The number of amidine groups is 1. The highest BCUT2D eigenvalue weighted by atomic mass is 79.9. The summed E-state index contributed by atoms with van der Waals surface area (Å²) in [5, 5.41) is 20.2. The molecule has 0 saturated carbocycles. The van der Waals surface area contributed by atoms with Crippen LogP contribution >= 0.6 is 27.7 Å². The molecule has 1 aromatic carbocycles. The highest BCUT2D eigenvalue weighted by Crippen LogP contribution is 2.51. The molecule has 4 rings (SSSR count). The normalized spacial score (nSPS) is 21.6.